The molecule has 4 heteroatoms. The van der Waals surface area contributed by atoms with Gasteiger partial charge in [0.05, 0.1) is 5.56 Å². The molecule has 0 aliphatic heterocycles. The minimum Gasteiger partial charge on any atom is -0.384 e. The average molecular weight is 248 g/mol. The van der Waals surface area contributed by atoms with Gasteiger partial charge in [0.2, 0.25) is 0 Å². The summed E-state index contributed by atoms with van der Waals surface area (Å²) < 4.78 is 0. The van der Waals surface area contributed by atoms with Gasteiger partial charge in [-0.2, -0.15) is 0 Å². The highest BCUT2D eigenvalue weighted by atomic mass is 15.2. The average Bonchev–Trinajstić information content (AvgIpc) is 2.26. The molecule has 0 aromatic carbocycles. The summed E-state index contributed by atoms with van der Waals surface area (Å²) in [5.41, 5.74) is 6.35. The van der Waals surface area contributed by atoms with Gasteiger partial charge in [-0.05, 0) is 24.0 Å². The second-order valence-electron chi connectivity index (χ2n) is 5.48. The van der Waals surface area contributed by atoms with E-state index in [1.165, 1.54) is 0 Å². The number of pyridine rings is 1. The maximum atomic E-state index is 7.65. The molecule has 0 saturated carbocycles. The lowest BCUT2D eigenvalue weighted by Crippen LogP contribution is -2.34. The van der Waals surface area contributed by atoms with Crippen molar-refractivity contribution in [2.45, 2.75) is 27.7 Å². The van der Waals surface area contributed by atoms with Gasteiger partial charge in [0.25, 0.3) is 0 Å². The van der Waals surface area contributed by atoms with E-state index in [0.717, 1.165) is 24.5 Å². The molecule has 0 aliphatic rings. The molecule has 0 bridgehead atoms. The van der Waals surface area contributed by atoms with Crippen molar-refractivity contribution in [3.05, 3.63) is 23.9 Å². The Kier molecular flexibility index (Phi) is 5.13. The topological polar surface area (TPSA) is 66.0 Å². The number of nitrogens with one attached hydrogen (secondary N) is 1. The molecule has 4 nitrogen and oxygen atoms in total. The third-order valence-electron chi connectivity index (χ3n) is 2.55. The van der Waals surface area contributed by atoms with E-state index in [4.69, 9.17) is 11.1 Å². The minimum atomic E-state index is 0.0793. The van der Waals surface area contributed by atoms with Crippen molar-refractivity contribution >= 4 is 11.7 Å². The van der Waals surface area contributed by atoms with Crippen LogP contribution in [0.2, 0.25) is 0 Å². The minimum absolute atomic E-state index is 0.0793. The van der Waals surface area contributed by atoms with Crippen molar-refractivity contribution in [1.29, 1.82) is 5.41 Å². The SMILES string of the molecule is CC(C)CN(CC(C)C)c1ncccc1C(=N)N. The van der Waals surface area contributed by atoms with Crippen molar-refractivity contribution in [3.63, 3.8) is 0 Å². The van der Waals surface area contributed by atoms with Crippen LogP contribution in [0.25, 0.3) is 0 Å². The highest BCUT2D eigenvalue weighted by Gasteiger charge is 2.16. The van der Waals surface area contributed by atoms with Gasteiger partial charge in [0.15, 0.2) is 0 Å². The lowest BCUT2D eigenvalue weighted by Gasteiger charge is -2.28. The summed E-state index contributed by atoms with van der Waals surface area (Å²) in [6.07, 6.45) is 1.76. The summed E-state index contributed by atoms with van der Waals surface area (Å²) >= 11 is 0. The van der Waals surface area contributed by atoms with Gasteiger partial charge in [-0.15, -0.1) is 0 Å². The predicted molar refractivity (Wildman–Crippen MR) is 77.1 cm³/mol. The Morgan fingerprint density at radius 3 is 2.28 bits per heavy atom. The van der Waals surface area contributed by atoms with E-state index in [0.29, 0.717) is 11.8 Å². The van der Waals surface area contributed by atoms with Crippen LogP contribution in [0, 0.1) is 17.2 Å². The molecule has 0 fully saturated rings. The second-order valence-corrected chi connectivity index (χ2v) is 5.48. The van der Waals surface area contributed by atoms with Crippen molar-refractivity contribution < 1.29 is 0 Å². The molecule has 1 aromatic rings. The highest BCUT2D eigenvalue weighted by molar-refractivity contribution is 5.99. The monoisotopic (exact) mass is 248 g/mol. The van der Waals surface area contributed by atoms with Crippen molar-refractivity contribution in [3.8, 4) is 0 Å². The fraction of sp³-hybridized carbons (Fsp3) is 0.571. The van der Waals surface area contributed by atoms with Crippen LogP contribution in [0.4, 0.5) is 5.82 Å². The van der Waals surface area contributed by atoms with Gasteiger partial charge in [-0.3, -0.25) is 5.41 Å². The maximum absolute atomic E-state index is 7.65. The number of nitrogen functional groups attached to an aromatic ring is 1. The standard InChI is InChI=1S/C14H24N4/c1-10(2)8-18(9-11(3)4)14-12(13(15)16)6-5-7-17-14/h5-7,10-11H,8-9H2,1-4H3,(H3,15,16). The summed E-state index contributed by atoms with van der Waals surface area (Å²) in [6.45, 7) is 10.6. The lowest BCUT2D eigenvalue weighted by molar-refractivity contribution is 0.548. The Hall–Kier alpha value is -1.58. The van der Waals surface area contributed by atoms with Crippen LogP contribution >= 0.6 is 0 Å². The summed E-state index contributed by atoms with van der Waals surface area (Å²) in [5.74, 6) is 2.00. The van der Waals surface area contributed by atoms with Crippen molar-refractivity contribution in [1.82, 2.24) is 4.98 Å². The first kappa shape index (κ1) is 14.5. The molecule has 100 valence electrons. The zero-order valence-corrected chi connectivity index (χ0v) is 11.8. The highest BCUT2D eigenvalue weighted by Crippen LogP contribution is 2.19. The fourth-order valence-corrected chi connectivity index (χ4v) is 1.99. The van der Waals surface area contributed by atoms with Crippen molar-refractivity contribution in [2.24, 2.45) is 17.6 Å². The van der Waals surface area contributed by atoms with Crippen LogP contribution in [0.5, 0.6) is 0 Å². The molecule has 0 spiro atoms. The molecular weight excluding hydrogens is 224 g/mol. The Balaban J connectivity index is 3.07. The number of nitrogens with two attached hydrogens (primary N) is 1. The van der Waals surface area contributed by atoms with Gasteiger partial charge >= 0.3 is 0 Å². The molecule has 1 aromatic heterocycles. The molecule has 1 rings (SSSR count). The summed E-state index contributed by atoms with van der Waals surface area (Å²) in [6, 6.07) is 3.68. The number of aromatic nitrogens is 1. The molecule has 0 aliphatic carbocycles. The van der Waals surface area contributed by atoms with E-state index in [1.807, 2.05) is 12.1 Å². The fourth-order valence-electron chi connectivity index (χ4n) is 1.99. The molecule has 0 atom stereocenters. The number of hydrogen-bond acceptors (Lipinski definition) is 3. The third-order valence-corrected chi connectivity index (χ3v) is 2.55. The van der Waals surface area contributed by atoms with Gasteiger partial charge in [-0.1, -0.05) is 27.7 Å². The Bertz CT molecular complexity index is 389. The number of nitrogens with zero attached hydrogens (tertiary/aromatic N) is 2. The van der Waals surface area contributed by atoms with Gasteiger partial charge in [0.1, 0.15) is 11.7 Å². The van der Waals surface area contributed by atoms with Crippen LogP contribution in [0.15, 0.2) is 18.3 Å². The molecule has 0 saturated heterocycles. The molecule has 18 heavy (non-hydrogen) atoms. The first-order valence-corrected chi connectivity index (χ1v) is 6.46. The molecule has 0 unspecified atom stereocenters. The maximum Gasteiger partial charge on any atom is 0.139 e. The lowest BCUT2D eigenvalue weighted by atomic mass is 10.1. The number of hydrogen-bond donors (Lipinski definition) is 2. The predicted octanol–water partition coefficient (Wildman–Crippen LogP) is 2.48. The second kappa shape index (κ2) is 6.38. The normalized spacial score (nSPS) is 11.0. The molecule has 1 heterocycles. The summed E-state index contributed by atoms with van der Waals surface area (Å²) in [7, 11) is 0. The zero-order chi connectivity index (χ0) is 13.7. The van der Waals surface area contributed by atoms with Gasteiger partial charge in [-0.25, -0.2) is 4.98 Å². The van der Waals surface area contributed by atoms with Crippen LogP contribution < -0.4 is 10.6 Å². The first-order chi connectivity index (χ1) is 8.41. The van der Waals surface area contributed by atoms with E-state index < -0.39 is 0 Å². The largest absolute Gasteiger partial charge is 0.384 e. The van der Waals surface area contributed by atoms with E-state index in [-0.39, 0.29) is 5.84 Å². The van der Waals surface area contributed by atoms with Crippen molar-refractivity contribution in [2.75, 3.05) is 18.0 Å². The van der Waals surface area contributed by atoms with E-state index in [2.05, 4.69) is 37.6 Å². The van der Waals surface area contributed by atoms with Crippen LogP contribution in [-0.4, -0.2) is 23.9 Å². The third kappa shape index (κ3) is 4.02. The molecule has 3 N–H and O–H groups in total. The van der Waals surface area contributed by atoms with Crippen LogP contribution in [0.3, 0.4) is 0 Å². The Morgan fingerprint density at radius 1 is 1.28 bits per heavy atom. The summed E-state index contributed by atoms with van der Waals surface area (Å²) in [5, 5.41) is 7.65. The molecule has 0 amide bonds. The van der Waals surface area contributed by atoms with E-state index in [9.17, 15) is 0 Å². The van der Waals surface area contributed by atoms with Gasteiger partial charge < -0.3 is 10.6 Å². The smallest absolute Gasteiger partial charge is 0.139 e. The zero-order valence-electron chi connectivity index (χ0n) is 11.8. The number of rotatable bonds is 6. The number of amidine groups is 1. The first-order valence-electron chi connectivity index (χ1n) is 6.46. The quantitative estimate of drug-likeness (QED) is 0.600. The molecular formula is C14H24N4. The Morgan fingerprint density at radius 2 is 1.83 bits per heavy atom. The molecule has 0 radical (unpaired) electrons. The van der Waals surface area contributed by atoms with Crippen LogP contribution in [0.1, 0.15) is 33.3 Å². The van der Waals surface area contributed by atoms with E-state index >= 15 is 0 Å². The van der Waals surface area contributed by atoms with Gasteiger partial charge in [0, 0.05) is 19.3 Å². The summed E-state index contributed by atoms with van der Waals surface area (Å²) in [4.78, 5) is 6.64. The Labute approximate surface area is 110 Å². The van der Waals surface area contributed by atoms with Crippen LogP contribution in [-0.2, 0) is 0 Å². The van der Waals surface area contributed by atoms with E-state index in [1.54, 1.807) is 6.20 Å². The number of anilines is 1.